The molecule has 2 amide bonds. The lowest BCUT2D eigenvalue weighted by Crippen LogP contribution is -2.42. The van der Waals surface area contributed by atoms with E-state index >= 15 is 0 Å². The maximum atomic E-state index is 13.1. The van der Waals surface area contributed by atoms with Crippen molar-refractivity contribution < 1.29 is 19.1 Å². The SMILES string of the molecule is O=C(NCCN1CCOCC1)/C(=C/c1cccc(Oc2ccccc2)c1)NC(=O)c1ccccc1. The van der Waals surface area contributed by atoms with Crippen LogP contribution in [0.5, 0.6) is 11.5 Å². The van der Waals surface area contributed by atoms with Crippen LogP contribution in [-0.2, 0) is 9.53 Å². The van der Waals surface area contributed by atoms with Gasteiger partial charge in [-0.3, -0.25) is 14.5 Å². The Kier molecular flexibility index (Phi) is 8.64. The standard InChI is InChI=1S/C28H29N3O4/c32-27(23-9-3-1-4-10-23)30-26(28(33)29-14-15-31-16-18-34-19-17-31)21-22-8-7-13-25(20-22)35-24-11-5-2-6-12-24/h1-13,20-21H,14-19H2,(H,29,33)(H,30,32)/b26-21-. The van der Waals surface area contributed by atoms with E-state index in [0.717, 1.165) is 25.2 Å². The molecule has 4 rings (SSSR count). The minimum atomic E-state index is -0.350. The second-order valence-electron chi connectivity index (χ2n) is 8.08. The first-order valence-corrected chi connectivity index (χ1v) is 11.7. The molecule has 1 aliphatic heterocycles. The van der Waals surface area contributed by atoms with Gasteiger partial charge in [-0.15, -0.1) is 0 Å². The molecule has 0 saturated carbocycles. The summed E-state index contributed by atoms with van der Waals surface area (Å²) in [6.45, 7) is 4.28. The normalized spacial score (nSPS) is 14.2. The Hall–Kier alpha value is -3.94. The lowest BCUT2D eigenvalue weighted by Gasteiger charge is -2.26. The molecule has 0 radical (unpaired) electrons. The molecule has 2 N–H and O–H groups in total. The van der Waals surface area contributed by atoms with E-state index in [0.29, 0.717) is 36.8 Å². The summed E-state index contributed by atoms with van der Waals surface area (Å²) >= 11 is 0. The van der Waals surface area contributed by atoms with Gasteiger partial charge in [-0.1, -0.05) is 48.5 Å². The van der Waals surface area contributed by atoms with Crippen molar-refractivity contribution in [2.24, 2.45) is 0 Å². The van der Waals surface area contributed by atoms with E-state index < -0.39 is 0 Å². The van der Waals surface area contributed by atoms with E-state index in [1.807, 2.05) is 60.7 Å². The Morgan fingerprint density at radius 3 is 2.31 bits per heavy atom. The molecule has 180 valence electrons. The third kappa shape index (κ3) is 7.53. The van der Waals surface area contributed by atoms with Gasteiger partial charge in [0.1, 0.15) is 17.2 Å². The highest BCUT2D eigenvalue weighted by Crippen LogP contribution is 2.22. The lowest BCUT2D eigenvalue weighted by molar-refractivity contribution is -0.117. The molecule has 0 spiro atoms. The predicted octanol–water partition coefficient (Wildman–Crippen LogP) is 3.70. The van der Waals surface area contributed by atoms with Gasteiger partial charge in [0, 0.05) is 31.7 Å². The van der Waals surface area contributed by atoms with Gasteiger partial charge in [0.15, 0.2) is 0 Å². The number of carbonyl (C=O) groups is 2. The van der Waals surface area contributed by atoms with Crippen LogP contribution in [-0.4, -0.2) is 56.1 Å². The molecule has 0 aliphatic carbocycles. The molecular formula is C28H29N3O4. The van der Waals surface area contributed by atoms with Gasteiger partial charge >= 0.3 is 0 Å². The quantitative estimate of drug-likeness (QED) is 0.465. The summed E-state index contributed by atoms with van der Waals surface area (Å²) in [6.07, 6.45) is 1.66. The summed E-state index contributed by atoms with van der Waals surface area (Å²) in [7, 11) is 0. The fourth-order valence-electron chi connectivity index (χ4n) is 3.65. The Balaban J connectivity index is 1.49. The summed E-state index contributed by atoms with van der Waals surface area (Å²) in [5.74, 6) is 0.646. The Labute approximate surface area is 205 Å². The van der Waals surface area contributed by atoms with Gasteiger partial charge in [-0.2, -0.15) is 0 Å². The van der Waals surface area contributed by atoms with Crippen LogP contribution >= 0.6 is 0 Å². The van der Waals surface area contributed by atoms with Crippen LogP contribution in [0.2, 0.25) is 0 Å². The number of benzene rings is 3. The largest absolute Gasteiger partial charge is 0.457 e. The zero-order chi connectivity index (χ0) is 24.3. The number of ether oxygens (including phenoxy) is 2. The van der Waals surface area contributed by atoms with E-state index in [1.165, 1.54) is 0 Å². The van der Waals surface area contributed by atoms with Crippen molar-refractivity contribution in [3.8, 4) is 11.5 Å². The highest BCUT2D eigenvalue weighted by Gasteiger charge is 2.16. The van der Waals surface area contributed by atoms with Crippen LogP contribution in [0.4, 0.5) is 0 Å². The van der Waals surface area contributed by atoms with Crippen molar-refractivity contribution in [1.82, 2.24) is 15.5 Å². The molecule has 0 bridgehead atoms. The first-order valence-electron chi connectivity index (χ1n) is 11.7. The first kappa shape index (κ1) is 24.2. The van der Waals surface area contributed by atoms with Gasteiger partial charge in [0.05, 0.1) is 13.2 Å². The molecule has 3 aromatic rings. The third-order valence-electron chi connectivity index (χ3n) is 5.49. The van der Waals surface area contributed by atoms with Crippen molar-refractivity contribution in [2.45, 2.75) is 0 Å². The molecular weight excluding hydrogens is 442 g/mol. The Morgan fingerprint density at radius 1 is 0.886 bits per heavy atom. The minimum absolute atomic E-state index is 0.165. The lowest BCUT2D eigenvalue weighted by atomic mass is 10.1. The van der Waals surface area contributed by atoms with Crippen molar-refractivity contribution >= 4 is 17.9 Å². The van der Waals surface area contributed by atoms with Crippen LogP contribution in [0, 0.1) is 0 Å². The topological polar surface area (TPSA) is 79.9 Å². The third-order valence-corrected chi connectivity index (χ3v) is 5.49. The number of nitrogens with zero attached hydrogens (tertiary/aromatic N) is 1. The van der Waals surface area contributed by atoms with Gasteiger partial charge in [0.2, 0.25) is 0 Å². The van der Waals surface area contributed by atoms with Crippen molar-refractivity contribution in [3.63, 3.8) is 0 Å². The molecule has 1 heterocycles. The molecule has 1 fully saturated rings. The summed E-state index contributed by atoms with van der Waals surface area (Å²) in [5, 5.41) is 5.70. The van der Waals surface area contributed by atoms with E-state index in [9.17, 15) is 9.59 Å². The second-order valence-corrected chi connectivity index (χ2v) is 8.08. The van der Waals surface area contributed by atoms with E-state index in [2.05, 4.69) is 15.5 Å². The van der Waals surface area contributed by atoms with Crippen LogP contribution in [0.25, 0.3) is 6.08 Å². The fourth-order valence-corrected chi connectivity index (χ4v) is 3.65. The van der Waals surface area contributed by atoms with Gasteiger partial charge in [-0.25, -0.2) is 0 Å². The number of nitrogens with one attached hydrogen (secondary N) is 2. The van der Waals surface area contributed by atoms with Crippen LogP contribution in [0.1, 0.15) is 15.9 Å². The molecule has 0 aromatic heterocycles. The number of amides is 2. The average Bonchev–Trinajstić information content (AvgIpc) is 2.90. The first-order chi connectivity index (χ1) is 17.2. The Bertz CT molecular complexity index is 1140. The molecule has 1 aliphatic rings. The van der Waals surface area contributed by atoms with E-state index in [1.54, 1.807) is 30.3 Å². The molecule has 1 saturated heterocycles. The summed E-state index contributed by atoms with van der Waals surface area (Å²) in [6, 6.07) is 25.6. The fraction of sp³-hybridized carbons (Fsp3) is 0.214. The highest BCUT2D eigenvalue weighted by atomic mass is 16.5. The molecule has 0 atom stereocenters. The van der Waals surface area contributed by atoms with Crippen molar-refractivity contribution in [1.29, 1.82) is 0 Å². The highest BCUT2D eigenvalue weighted by molar-refractivity contribution is 6.05. The smallest absolute Gasteiger partial charge is 0.267 e. The second kappa shape index (κ2) is 12.5. The molecule has 3 aromatic carbocycles. The summed E-state index contributed by atoms with van der Waals surface area (Å²) < 4.78 is 11.3. The van der Waals surface area contributed by atoms with Crippen LogP contribution in [0.15, 0.2) is 90.6 Å². The number of rotatable bonds is 9. The van der Waals surface area contributed by atoms with Crippen LogP contribution < -0.4 is 15.4 Å². The van der Waals surface area contributed by atoms with Gasteiger partial charge in [-0.05, 0) is 48.0 Å². The van der Waals surface area contributed by atoms with Crippen molar-refractivity contribution in [3.05, 3.63) is 102 Å². The Morgan fingerprint density at radius 2 is 1.57 bits per heavy atom. The molecule has 7 nitrogen and oxygen atoms in total. The predicted molar refractivity (Wildman–Crippen MR) is 135 cm³/mol. The number of carbonyl (C=O) groups excluding carboxylic acids is 2. The minimum Gasteiger partial charge on any atom is -0.457 e. The average molecular weight is 472 g/mol. The zero-order valence-electron chi connectivity index (χ0n) is 19.5. The number of morpholine rings is 1. The van der Waals surface area contributed by atoms with Gasteiger partial charge < -0.3 is 20.1 Å². The number of hydrogen-bond donors (Lipinski definition) is 2. The maximum absolute atomic E-state index is 13.1. The van der Waals surface area contributed by atoms with Crippen molar-refractivity contribution in [2.75, 3.05) is 39.4 Å². The summed E-state index contributed by atoms with van der Waals surface area (Å²) in [4.78, 5) is 28.1. The van der Waals surface area contributed by atoms with E-state index in [4.69, 9.17) is 9.47 Å². The number of hydrogen-bond acceptors (Lipinski definition) is 5. The molecule has 35 heavy (non-hydrogen) atoms. The monoisotopic (exact) mass is 471 g/mol. The van der Waals surface area contributed by atoms with Gasteiger partial charge in [0.25, 0.3) is 11.8 Å². The zero-order valence-corrected chi connectivity index (χ0v) is 19.5. The number of para-hydroxylation sites is 1. The van der Waals surface area contributed by atoms with Crippen LogP contribution in [0.3, 0.4) is 0 Å². The van der Waals surface area contributed by atoms with E-state index in [-0.39, 0.29) is 17.5 Å². The summed E-state index contributed by atoms with van der Waals surface area (Å²) in [5.41, 5.74) is 1.36. The molecule has 0 unspecified atom stereocenters. The maximum Gasteiger partial charge on any atom is 0.267 e. The molecule has 7 heteroatoms.